The lowest BCUT2D eigenvalue weighted by Crippen LogP contribution is -3.10. The van der Waals surface area contributed by atoms with Crippen molar-refractivity contribution >= 4 is 5.71 Å². The van der Waals surface area contributed by atoms with Crippen LogP contribution in [-0.2, 0) is 12.8 Å². The van der Waals surface area contributed by atoms with Gasteiger partial charge in [-0.25, -0.2) is 0 Å². The summed E-state index contributed by atoms with van der Waals surface area (Å²) >= 11 is 0. The summed E-state index contributed by atoms with van der Waals surface area (Å²) in [5.41, 5.74) is 4.09. The third-order valence-corrected chi connectivity index (χ3v) is 5.80. The van der Waals surface area contributed by atoms with Crippen LogP contribution in [0.25, 0.3) is 0 Å². The lowest BCUT2D eigenvalue weighted by atomic mass is 9.87. The number of nitrogens with zero attached hydrogens (tertiary/aromatic N) is 1. The molecule has 2 aliphatic rings. The number of oxime groups is 1. The second-order valence-corrected chi connectivity index (χ2v) is 7.51. The molecule has 0 bridgehead atoms. The van der Waals surface area contributed by atoms with Crippen LogP contribution in [0.15, 0.2) is 35.5 Å². The molecule has 0 saturated heterocycles. The second kappa shape index (κ2) is 8.21. The fourth-order valence-electron chi connectivity index (χ4n) is 4.30. The first-order chi connectivity index (χ1) is 14.1. The van der Waals surface area contributed by atoms with Crippen molar-refractivity contribution < 1.29 is 29.1 Å². The molecule has 2 atom stereocenters. The Morgan fingerprint density at radius 1 is 1.24 bits per heavy atom. The highest BCUT2D eigenvalue weighted by Crippen LogP contribution is 2.47. The van der Waals surface area contributed by atoms with Crippen molar-refractivity contribution in [2.75, 3.05) is 34.6 Å². The molecule has 154 valence electrons. The zero-order valence-corrected chi connectivity index (χ0v) is 17.0. The predicted molar refractivity (Wildman–Crippen MR) is 108 cm³/mol. The van der Waals surface area contributed by atoms with Gasteiger partial charge in [-0.3, -0.25) is 0 Å². The molecule has 0 spiro atoms. The topological polar surface area (TPSA) is 74.0 Å². The van der Waals surface area contributed by atoms with Gasteiger partial charge in [0, 0.05) is 19.3 Å². The van der Waals surface area contributed by atoms with E-state index in [2.05, 4.69) is 18.3 Å². The molecular weight excluding hydrogens is 372 g/mol. The Balaban J connectivity index is 1.65. The summed E-state index contributed by atoms with van der Waals surface area (Å²) < 4.78 is 22.3. The minimum absolute atomic E-state index is 0.0970. The van der Waals surface area contributed by atoms with E-state index in [-0.39, 0.29) is 12.8 Å². The van der Waals surface area contributed by atoms with E-state index in [1.54, 1.807) is 14.2 Å². The second-order valence-electron chi connectivity index (χ2n) is 7.51. The zero-order chi connectivity index (χ0) is 20.4. The Labute approximate surface area is 170 Å². The maximum atomic E-state index is 9.73. The van der Waals surface area contributed by atoms with Crippen LogP contribution in [-0.4, -0.2) is 45.5 Å². The third kappa shape index (κ3) is 3.70. The van der Waals surface area contributed by atoms with Gasteiger partial charge in [-0.1, -0.05) is 17.3 Å². The van der Waals surface area contributed by atoms with Gasteiger partial charge < -0.3 is 29.1 Å². The van der Waals surface area contributed by atoms with Crippen LogP contribution in [0.2, 0.25) is 0 Å². The number of benzene rings is 2. The fourth-order valence-corrected chi connectivity index (χ4v) is 4.30. The average Bonchev–Trinajstić information content (AvgIpc) is 3.21. The molecule has 7 nitrogen and oxygen atoms in total. The highest BCUT2D eigenvalue weighted by molar-refractivity contribution is 5.87. The molecule has 2 aromatic rings. The molecule has 4 rings (SSSR count). The normalized spacial score (nSPS) is 20.3. The molecule has 0 saturated carbocycles. The van der Waals surface area contributed by atoms with Crippen molar-refractivity contribution in [1.29, 1.82) is 0 Å². The van der Waals surface area contributed by atoms with Crippen molar-refractivity contribution in [2.24, 2.45) is 5.16 Å². The minimum Gasteiger partial charge on any atom is -0.497 e. The van der Waals surface area contributed by atoms with E-state index in [9.17, 15) is 5.21 Å². The van der Waals surface area contributed by atoms with Gasteiger partial charge in [0.1, 0.15) is 11.8 Å². The number of rotatable bonds is 6. The van der Waals surface area contributed by atoms with E-state index in [1.165, 1.54) is 10.5 Å². The summed E-state index contributed by atoms with van der Waals surface area (Å²) in [6, 6.07) is 9.99. The summed E-state index contributed by atoms with van der Waals surface area (Å²) in [5, 5.41) is 13.4. The van der Waals surface area contributed by atoms with Crippen LogP contribution in [0.3, 0.4) is 0 Å². The van der Waals surface area contributed by atoms with Gasteiger partial charge in [0.2, 0.25) is 12.5 Å². The van der Waals surface area contributed by atoms with Crippen molar-refractivity contribution in [1.82, 2.24) is 0 Å². The molecule has 29 heavy (non-hydrogen) atoms. The zero-order valence-electron chi connectivity index (χ0n) is 17.0. The van der Waals surface area contributed by atoms with Crippen molar-refractivity contribution in [3.8, 4) is 23.0 Å². The SMILES string of the molecule is COc1cccc(C/C(C[C@@H]2c3c(cc4c(c3OC)OCO4)CC[NH+]2C)=N/O)c1. The van der Waals surface area contributed by atoms with E-state index in [0.29, 0.717) is 18.6 Å². The van der Waals surface area contributed by atoms with Gasteiger partial charge in [0.15, 0.2) is 11.5 Å². The summed E-state index contributed by atoms with van der Waals surface area (Å²) in [6.45, 7) is 1.19. The van der Waals surface area contributed by atoms with E-state index in [0.717, 1.165) is 47.1 Å². The van der Waals surface area contributed by atoms with E-state index < -0.39 is 0 Å². The highest BCUT2D eigenvalue weighted by atomic mass is 16.7. The standard InChI is InChI=1S/C22H26N2O5/c1-24-8-7-15-11-19-21(29-13-28-19)22(27-3)20(15)18(24)12-16(23-25)9-14-5-4-6-17(10-14)26-2/h4-6,10-11,18,25H,7-9,12-13H2,1-3H3/p+1/b23-16-/t18-/m1/s1. The summed E-state index contributed by atoms with van der Waals surface area (Å²) in [4.78, 5) is 1.35. The van der Waals surface area contributed by atoms with Crippen molar-refractivity contribution in [3.63, 3.8) is 0 Å². The predicted octanol–water partition coefficient (Wildman–Crippen LogP) is 2.01. The largest absolute Gasteiger partial charge is 0.497 e. The first-order valence-corrected chi connectivity index (χ1v) is 9.79. The maximum absolute atomic E-state index is 9.73. The number of fused-ring (bicyclic) bond motifs is 2. The number of methoxy groups -OCH3 is 2. The van der Waals surface area contributed by atoms with Gasteiger partial charge in [0.25, 0.3) is 0 Å². The van der Waals surface area contributed by atoms with Gasteiger partial charge in [0.05, 0.1) is 39.1 Å². The molecule has 0 radical (unpaired) electrons. The molecule has 2 aliphatic heterocycles. The van der Waals surface area contributed by atoms with Gasteiger partial charge in [-0.15, -0.1) is 0 Å². The quantitative estimate of drug-likeness (QED) is 0.442. The Kier molecular flexibility index (Phi) is 5.49. The Hall–Kier alpha value is -2.93. The van der Waals surface area contributed by atoms with Crippen LogP contribution in [0, 0.1) is 0 Å². The van der Waals surface area contributed by atoms with E-state index >= 15 is 0 Å². The smallest absolute Gasteiger partial charge is 0.231 e. The lowest BCUT2D eigenvalue weighted by Gasteiger charge is -2.33. The maximum Gasteiger partial charge on any atom is 0.231 e. The number of nitrogens with one attached hydrogen (secondary N) is 1. The number of hydrogen-bond acceptors (Lipinski definition) is 6. The Morgan fingerprint density at radius 3 is 2.86 bits per heavy atom. The van der Waals surface area contributed by atoms with Gasteiger partial charge in [-0.05, 0) is 29.3 Å². The van der Waals surface area contributed by atoms with Crippen molar-refractivity contribution in [2.45, 2.75) is 25.3 Å². The van der Waals surface area contributed by atoms with Crippen LogP contribution in [0.1, 0.15) is 29.2 Å². The summed E-state index contributed by atoms with van der Waals surface area (Å²) in [6.07, 6.45) is 2.11. The van der Waals surface area contributed by atoms with Gasteiger partial charge in [-0.2, -0.15) is 0 Å². The number of likely N-dealkylation sites (N-methyl/N-ethyl adjacent to an activating group) is 1. The molecule has 1 unspecified atom stereocenters. The molecule has 7 heteroatoms. The summed E-state index contributed by atoms with van der Waals surface area (Å²) in [5.74, 6) is 2.94. The van der Waals surface area contributed by atoms with E-state index in [4.69, 9.17) is 18.9 Å². The average molecular weight is 399 g/mol. The fraction of sp³-hybridized carbons (Fsp3) is 0.409. The van der Waals surface area contributed by atoms with Crippen LogP contribution in [0.4, 0.5) is 0 Å². The first-order valence-electron chi connectivity index (χ1n) is 9.79. The molecule has 2 aromatic carbocycles. The van der Waals surface area contributed by atoms with Crippen molar-refractivity contribution in [3.05, 3.63) is 47.0 Å². The molecule has 0 fully saturated rings. The molecule has 2 heterocycles. The number of hydrogen-bond donors (Lipinski definition) is 2. The number of ether oxygens (including phenoxy) is 4. The van der Waals surface area contributed by atoms with Crippen LogP contribution in [0.5, 0.6) is 23.0 Å². The first kappa shape index (κ1) is 19.4. The highest BCUT2D eigenvalue weighted by Gasteiger charge is 2.37. The molecule has 0 aromatic heterocycles. The minimum atomic E-state index is 0.0970. The Bertz CT molecular complexity index is 928. The molecular formula is C22H27N2O5+. The Morgan fingerprint density at radius 2 is 2.10 bits per heavy atom. The lowest BCUT2D eigenvalue weighted by molar-refractivity contribution is -0.913. The summed E-state index contributed by atoms with van der Waals surface area (Å²) in [7, 11) is 5.47. The molecule has 0 amide bonds. The van der Waals surface area contributed by atoms with Crippen LogP contribution < -0.4 is 23.8 Å². The molecule has 2 N–H and O–H groups in total. The van der Waals surface area contributed by atoms with E-state index in [1.807, 2.05) is 24.3 Å². The van der Waals surface area contributed by atoms with Gasteiger partial charge >= 0.3 is 0 Å². The molecule has 0 aliphatic carbocycles. The third-order valence-electron chi connectivity index (χ3n) is 5.80. The van der Waals surface area contributed by atoms with Crippen LogP contribution >= 0.6 is 0 Å². The monoisotopic (exact) mass is 399 g/mol. The number of quaternary nitrogens is 1.